The Labute approximate surface area is 190 Å². The molecule has 9 heteroatoms. The van der Waals surface area contributed by atoms with Crippen molar-refractivity contribution in [2.75, 3.05) is 37.6 Å². The summed E-state index contributed by atoms with van der Waals surface area (Å²) in [6.07, 6.45) is 3.46. The SMILES string of the molecule is N#Cc1nc(-c2ccco2)oc1N1CCN(CC(=O)N(Cc2ccccc2F)C2CC2)CC1. The van der Waals surface area contributed by atoms with Crippen LogP contribution >= 0.6 is 0 Å². The highest BCUT2D eigenvalue weighted by Gasteiger charge is 2.34. The maximum Gasteiger partial charge on any atom is 0.266 e. The van der Waals surface area contributed by atoms with Crippen molar-refractivity contribution in [2.24, 2.45) is 0 Å². The predicted octanol–water partition coefficient (Wildman–Crippen LogP) is 3.26. The van der Waals surface area contributed by atoms with Gasteiger partial charge >= 0.3 is 0 Å². The Kier molecular flexibility index (Phi) is 5.84. The first kappa shape index (κ1) is 21.2. The van der Waals surface area contributed by atoms with E-state index in [1.807, 2.05) is 9.80 Å². The summed E-state index contributed by atoms with van der Waals surface area (Å²) in [5.74, 6) is 0.911. The van der Waals surface area contributed by atoms with Crippen LogP contribution in [-0.4, -0.2) is 59.5 Å². The van der Waals surface area contributed by atoms with Crippen molar-refractivity contribution in [3.8, 4) is 17.7 Å². The molecule has 2 fully saturated rings. The first-order valence-corrected chi connectivity index (χ1v) is 11.1. The molecule has 3 heterocycles. The molecular formula is C24H24FN5O3. The van der Waals surface area contributed by atoms with Crippen LogP contribution in [0, 0.1) is 17.1 Å². The molecule has 0 N–H and O–H groups in total. The number of piperazine rings is 1. The third-order valence-corrected chi connectivity index (χ3v) is 6.07. The third kappa shape index (κ3) is 4.61. The van der Waals surface area contributed by atoms with E-state index >= 15 is 0 Å². The quantitative estimate of drug-likeness (QED) is 0.547. The monoisotopic (exact) mass is 449 g/mol. The lowest BCUT2D eigenvalue weighted by Gasteiger charge is -2.35. The van der Waals surface area contributed by atoms with Gasteiger partial charge < -0.3 is 18.6 Å². The van der Waals surface area contributed by atoms with Crippen molar-refractivity contribution in [3.05, 3.63) is 59.7 Å². The van der Waals surface area contributed by atoms with Crippen LogP contribution in [0.4, 0.5) is 10.3 Å². The number of nitriles is 1. The average Bonchev–Trinajstić information content (AvgIpc) is 3.33. The van der Waals surface area contributed by atoms with E-state index in [-0.39, 0.29) is 35.9 Å². The highest BCUT2D eigenvalue weighted by molar-refractivity contribution is 5.79. The average molecular weight is 449 g/mol. The number of hydrogen-bond donors (Lipinski definition) is 0. The molecule has 1 aromatic carbocycles. The minimum Gasteiger partial charge on any atom is -0.459 e. The highest BCUT2D eigenvalue weighted by Crippen LogP contribution is 2.30. The topological polar surface area (TPSA) is 89.7 Å². The van der Waals surface area contributed by atoms with Crippen LogP contribution in [0.25, 0.3) is 11.7 Å². The van der Waals surface area contributed by atoms with Gasteiger partial charge in [0.1, 0.15) is 11.9 Å². The van der Waals surface area contributed by atoms with Crippen molar-refractivity contribution in [2.45, 2.75) is 25.4 Å². The van der Waals surface area contributed by atoms with Gasteiger partial charge in [-0.25, -0.2) is 4.39 Å². The zero-order valence-corrected chi connectivity index (χ0v) is 18.1. The molecule has 1 saturated carbocycles. The number of carbonyl (C=O) groups is 1. The van der Waals surface area contributed by atoms with E-state index in [4.69, 9.17) is 8.83 Å². The number of rotatable bonds is 7. The smallest absolute Gasteiger partial charge is 0.266 e. The maximum absolute atomic E-state index is 14.1. The van der Waals surface area contributed by atoms with Gasteiger partial charge in [0.05, 0.1) is 12.8 Å². The summed E-state index contributed by atoms with van der Waals surface area (Å²) in [6.45, 7) is 3.08. The molecule has 33 heavy (non-hydrogen) atoms. The van der Waals surface area contributed by atoms with Gasteiger partial charge in [0.15, 0.2) is 5.76 Å². The second kappa shape index (κ2) is 9.08. The van der Waals surface area contributed by atoms with Crippen LogP contribution in [0.5, 0.6) is 0 Å². The number of nitrogens with zero attached hydrogens (tertiary/aromatic N) is 5. The number of furan rings is 1. The van der Waals surface area contributed by atoms with Crippen LogP contribution in [0.2, 0.25) is 0 Å². The summed E-state index contributed by atoms with van der Waals surface area (Å²) in [6, 6.07) is 12.4. The molecular weight excluding hydrogens is 425 g/mol. The Morgan fingerprint density at radius 3 is 2.64 bits per heavy atom. The molecule has 2 aromatic heterocycles. The molecule has 1 saturated heterocycles. The van der Waals surface area contributed by atoms with Crippen LogP contribution in [-0.2, 0) is 11.3 Å². The molecule has 0 bridgehead atoms. The Morgan fingerprint density at radius 2 is 1.97 bits per heavy atom. The molecule has 2 aliphatic rings. The fraction of sp³-hybridized carbons (Fsp3) is 0.375. The van der Waals surface area contributed by atoms with E-state index in [0.717, 1.165) is 12.8 Å². The van der Waals surface area contributed by atoms with Crippen LogP contribution in [0.1, 0.15) is 24.1 Å². The lowest BCUT2D eigenvalue weighted by Crippen LogP contribution is -2.50. The maximum atomic E-state index is 14.1. The Hall–Kier alpha value is -3.64. The van der Waals surface area contributed by atoms with Gasteiger partial charge in [-0.2, -0.15) is 10.2 Å². The minimum atomic E-state index is -0.279. The van der Waals surface area contributed by atoms with Gasteiger partial charge in [-0.3, -0.25) is 9.69 Å². The Morgan fingerprint density at radius 1 is 1.18 bits per heavy atom. The molecule has 5 rings (SSSR count). The Bertz CT molecular complexity index is 1160. The van der Waals surface area contributed by atoms with Crippen molar-refractivity contribution in [3.63, 3.8) is 0 Å². The molecule has 3 aromatic rings. The van der Waals surface area contributed by atoms with Crippen molar-refractivity contribution in [1.29, 1.82) is 5.26 Å². The van der Waals surface area contributed by atoms with Crippen molar-refractivity contribution >= 4 is 11.8 Å². The molecule has 0 atom stereocenters. The fourth-order valence-corrected chi connectivity index (χ4v) is 4.11. The number of oxazole rings is 1. The lowest BCUT2D eigenvalue weighted by molar-refractivity contribution is -0.133. The molecule has 1 aliphatic carbocycles. The van der Waals surface area contributed by atoms with Gasteiger partial charge in [0.2, 0.25) is 17.5 Å². The van der Waals surface area contributed by atoms with Crippen LogP contribution < -0.4 is 4.90 Å². The van der Waals surface area contributed by atoms with E-state index in [1.54, 1.807) is 30.3 Å². The normalized spacial score (nSPS) is 16.5. The lowest BCUT2D eigenvalue weighted by atomic mass is 10.2. The Balaban J connectivity index is 1.20. The number of hydrogen-bond acceptors (Lipinski definition) is 7. The number of halogens is 1. The summed E-state index contributed by atoms with van der Waals surface area (Å²) in [5.41, 5.74) is 0.764. The van der Waals surface area contributed by atoms with Crippen LogP contribution in [0.15, 0.2) is 51.5 Å². The van der Waals surface area contributed by atoms with E-state index in [0.29, 0.717) is 49.9 Å². The summed E-state index contributed by atoms with van der Waals surface area (Å²) in [4.78, 5) is 23.2. The van der Waals surface area contributed by atoms with Gasteiger partial charge in [0.25, 0.3) is 5.89 Å². The first-order valence-electron chi connectivity index (χ1n) is 11.1. The van der Waals surface area contributed by atoms with E-state index < -0.39 is 0 Å². The summed E-state index contributed by atoms with van der Waals surface area (Å²) in [7, 11) is 0. The summed E-state index contributed by atoms with van der Waals surface area (Å²) < 4.78 is 25.3. The minimum absolute atomic E-state index is 0.0201. The van der Waals surface area contributed by atoms with Crippen molar-refractivity contribution < 1.29 is 18.0 Å². The van der Waals surface area contributed by atoms with Crippen molar-refractivity contribution in [1.82, 2.24) is 14.8 Å². The molecule has 0 unspecified atom stereocenters. The number of aromatic nitrogens is 1. The molecule has 170 valence electrons. The largest absolute Gasteiger partial charge is 0.459 e. The van der Waals surface area contributed by atoms with Gasteiger partial charge in [-0.15, -0.1) is 0 Å². The number of amides is 1. The van der Waals surface area contributed by atoms with E-state index in [9.17, 15) is 14.4 Å². The van der Waals surface area contributed by atoms with Crippen LogP contribution in [0.3, 0.4) is 0 Å². The first-order chi connectivity index (χ1) is 16.1. The standard InChI is InChI=1S/C24H24FN5O3/c25-19-5-2-1-4-17(19)15-30(18-7-8-18)22(31)16-28-9-11-29(12-10-28)24-20(14-26)27-23(33-24)21-6-3-13-32-21/h1-6,13,18H,7-12,15-16H2. The number of anilines is 1. The molecule has 8 nitrogen and oxygen atoms in total. The van der Waals surface area contributed by atoms with E-state index in [1.165, 1.54) is 12.3 Å². The number of carbonyl (C=O) groups excluding carboxylic acids is 1. The summed E-state index contributed by atoms with van der Waals surface area (Å²) >= 11 is 0. The van der Waals surface area contributed by atoms with Gasteiger partial charge in [0, 0.05) is 44.3 Å². The predicted molar refractivity (Wildman–Crippen MR) is 118 cm³/mol. The zero-order chi connectivity index (χ0) is 22.8. The zero-order valence-electron chi connectivity index (χ0n) is 18.1. The van der Waals surface area contributed by atoms with Gasteiger partial charge in [-0.05, 0) is 31.0 Å². The second-order valence-corrected chi connectivity index (χ2v) is 8.37. The molecule has 0 radical (unpaired) electrons. The molecule has 1 amide bonds. The third-order valence-electron chi connectivity index (χ3n) is 6.07. The van der Waals surface area contributed by atoms with Gasteiger partial charge in [-0.1, -0.05) is 18.2 Å². The summed E-state index contributed by atoms with van der Waals surface area (Å²) in [5, 5.41) is 9.47. The fourth-order valence-electron chi connectivity index (χ4n) is 4.11. The number of benzene rings is 1. The molecule has 1 aliphatic heterocycles. The molecule has 0 spiro atoms. The second-order valence-electron chi connectivity index (χ2n) is 8.37. The highest BCUT2D eigenvalue weighted by atomic mass is 19.1. The van der Waals surface area contributed by atoms with E-state index in [2.05, 4.69) is 16.0 Å².